The van der Waals surface area contributed by atoms with Crippen molar-refractivity contribution in [2.24, 2.45) is 0 Å². The zero-order valence-corrected chi connectivity index (χ0v) is 22.8. The van der Waals surface area contributed by atoms with Crippen LogP contribution in [0.4, 0.5) is 5.69 Å². The number of anilines is 1. The molecule has 3 heterocycles. The van der Waals surface area contributed by atoms with Gasteiger partial charge in [-0.1, -0.05) is 37.3 Å². The van der Waals surface area contributed by atoms with Gasteiger partial charge in [0.2, 0.25) is 0 Å². The Bertz CT molecular complexity index is 1420. The Morgan fingerprint density at radius 3 is 2.33 bits per heavy atom. The van der Waals surface area contributed by atoms with Crippen LogP contribution in [0.3, 0.4) is 0 Å². The van der Waals surface area contributed by atoms with E-state index in [1.54, 1.807) is 0 Å². The number of aromatic nitrogens is 2. The predicted molar refractivity (Wildman–Crippen MR) is 153 cm³/mol. The van der Waals surface area contributed by atoms with Crippen LogP contribution in [0.25, 0.3) is 5.69 Å². The first-order chi connectivity index (χ1) is 17.3. The van der Waals surface area contributed by atoms with E-state index < -0.39 is 0 Å². The van der Waals surface area contributed by atoms with Gasteiger partial charge in [-0.3, -0.25) is 4.98 Å². The minimum Gasteiger partial charge on any atom is -0.351 e. The molecule has 0 spiro atoms. The zero-order valence-electron chi connectivity index (χ0n) is 22.0. The first-order valence-electron chi connectivity index (χ1n) is 12.7. The molecular formula is C31H34N4S. The van der Waals surface area contributed by atoms with Crippen LogP contribution in [0.5, 0.6) is 0 Å². The highest BCUT2D eigenvalue weighted by Gasteiger charge is 2.42. The van der Waals surface area contributed by atoms with Crippen LogP contribution in [0.2, 0.25) is 0 Å². The minimum absolute atomic E-state index is 0.0253. The van der Waals surface area contributed by atoms with Gasteiger partial charge in [-0.25, -0.2) is 0 Å². The van der Waals surface area contributed by atoms with Crippen LogP contribution in [-0.4, -0.2) is 14.7 Å². The number of pyridine rings is 1. The van der Waals surface area contributed by atoms with Gasteiger partial charge >= 0.3 is 0 Å². The van der Waals surface area contributed by atoms with Crippen molar-refractivity contribution >= 4 is 23.0 Å². The monoisotopic (exact) mass is 494 g/mol. The molecule has 1 aliphatic heterocycles. The maximum atomic E-state index is 5.98. The minimum atomic E-state index is -0.0593. The number of hydrogen-bond acceptors (Lipinski definition) is 2. The normalized spacial score (nSPS) is 17.5. The van der Waals surface area contributed by atoms with Crippen molar-refractivity contribution in [1.29, 1.82) is 0 Å². The first kappa shape index (κ1) is 24.3. The van der Waals surface area contributed by atoms with Gasteiger partial charge in [0.15, 0.2) is 5.11 Å². The second kappa shape index (κ2) is 9.55. The van der Waals surface area contributed by atoms with Crippen LogP contribution >= 0.6 is 12.2 Å². The lowest BCUT2D eigenvalue weighted by atomic mass is 9.96. The van der Waals surface area contributed by atoms with Crippen molar-refractivity contribution in [3.63, 3.8) is 0 Å². The standard InChI is InChI=1S/C31H34N4S/c1-7-24-12-10-11-21(4)29(24)34-22(5)18-26(23(34)6)30-28(27-13-8-9-14-32-27)33-31(36)35(30)25-16-19(2)15-20(3)17-25/h8-18,28,30H,7H2,1-6H3,(H,33,36). The molecule has 2 unspecified atom stereocenters. The molecule has 2 atom stereocenters. The molecule has 4 aromatic rings. The Morgan fingerprint density at radius 1 is 0.917 bits per heavy atom. The number of para-hydroxylation sites is 1. The van der Waals surface area contributed by atoms with E-state index in [0.717, 1.165) is 22.9 Å². The lowest BCUT2D eigenvalue weighted by Gasteiger charge is -2.29. The number of nitrogens with one attached hydrogen (secondary N) is 1. The highest BCUT2D eigenvalue weighted by Crippen LogP contribution is 2.44. The molecule has 2 aromatic heterocycles. The molecule has 1 aliphatic rings. The number of benzene rings is 2. The highest BCUT2D eigenvalue weighted by molar-refractivity contribution is 7.80. The Hall–Kier alpha value is -3.44. The highest BCUT2D eigenvalue weighted by atomic mass is 32.1. The van der Waals surface area contributed by atoms with Crippen LogP contribution < -0.4 is 10.2 Å². The van der Waals surface area contributed by atoms with E-state index in [1.807, 2.05) is 18.3 Å². The quantitative estimate of drug-likeness (QED) is 0.299. The van der Waals surface area contributed by atoms with Gasteiger partial charge in [-0.2, -0.15) is 0 Å². The third-order valence-corrected chi connectivity index (χ3v) is 7.61. The molecule has 1 fully saturated rings. The number of hydrogen-bond donors (Lipinski definition) is 1. The summed E-state index contributed by atoms with van der Waals surface area (Å²) in [7, 11) is 0. The second-order valence-electron chi connectivity index (χ2n) is 9.94. The Morgan fingerprint density at radius 2 is 1.67 bits per heavy atom. The summed E-state index contributed by atoms with van der Waals surface area (Å²) in [6.45, 7) is 13.2. The van der Waals surface area contributed by atoms with Gasteiger partial charge in [-0.15, -0.1) is 0 Å². The van der Waals surface area contributed by atoms with Crippen molar-refractivity contribution in [2.45, 2.75) is 60.0 Å². The van der Waals surface area contributed by atoms with Crippen molar-refractivity contribution in [1.82, 2.24) is 14.9 Å². The van der Waals surface area contributed by atoms with E-state index in [1.165, 1.54) is 44.9 Å². The van der Waals surface area contributed by atoms with Gasteiger partial charge in [0.05, 0.1) is 23.5 Å². The smallest absolute Gasteiger partial charge is 0.174 e. The van der Waals surface area contributed by atoms with E-state index in [2.05, 4.69) is 105 Å². The summed E-state index contributed by atoms with van der Waals surface area (Å²) in [6, 6.07) is 21.6. The SMILES string of the molecule is CCc1cccc(C)c1-n1c(C)cc(C2C(c3ccccn3)NC(=S)N2c2cc(C)cc(C)c2)c1C. The molecule has 0 saturated carbocycles. The van der Waals surface area contributed by atoms with Crippen molar-refractivity contribution in [2.75, 3.05) is 4.90 Å². The summed E-state index contributed by atoms with van der Waals surface area (Å²) >= 11 is 5.98. The molecule has 2 aromatic carbocycles. The Kier molecular flexibility index (Phi) is 6.44. The first-order valence-corrected chi connectivity index (χ1v) is 13.1. The number of thiocarbonyl (C=S) groups is 1. The number of aryl methyl sites for hydroxylation is 5. The average Bonchev–Trinajstić information content (AvgIpc) is 3.34. The summed E-state index contributed by atoms with van der Waals surface area (Å²) < 4.78 is 2.43. The molecule has 184 valence electrons. The number of rotatable bonds is 5. The van der Waals surface area contributed by atoms with Gasteiger partial charge in [0.1, 0.15) is 0 Å². The largest absolute Gasteiger partial charge is 0.351 e. The van der Waals surface area contributed by atoms with Crippen molar-refractivity contribution in [3.8, 4) is 5.69 Å². The summed E-state index contributed by atoms with van der Waals surface area (Å²) in [4.78, 5) is 7.03. The van der Waals surface area contributed by atoms with Gasteiger partial charge in [0, 0.05) is 23.3 Å². The fraction of sp³-hybridized carbons (Fsp3) is 0.290. The fourth-order valence-electron chi connectivity index (χ4n) is 5.79. The molecular weight excluding hydrogens is 460 g/mol. The molecule has 1 saturated heterocycles. The average molecular weight is 495 g/mol. The molecule has 1 N–H and O–H groups in total. The molecule has 0 amide bonds. The molecule has 5 rings (SSSR count). The molecule has 0 radical (unpaired) electrons. The summed E-state index contributed by atoms with van der Waals surface area (Å²) in [5.41, 5.74) is 12.2. The predicted octanol–water partition coefficient (Wildman–Crippen LogP) is 7.15. The summed E-state index contributed by atoms with van der Waals surface area (Å²) in [6.07, 6.45) is 2.85. The molecule has 36 heavy (non-hydrogen) atoms. The van der Waals surface area contributed by atoms with E-state index in [0.29, 0.717) is 0 Å². The maximum absolute atomic E-state index is 5.98. The summed E-state index contributed by atoms with van der Waals surface area (Å²) in [5.74, 6) is 0. The maximum Gasteiger partial charge on any atom is 0.174 e. The van der Waals surface area contributed by atoms with Gasteiger partial charge in [0.25, 0.3) is 0 Å². The second-order valence-corrected chi connectivity index (χ2v) is 10.3. The molecule has 0 bridgehead atoms. The fourth-order valence-corrected chi connectivity index (χ4v) is 6.14. The van der Waals surface area contributed by atoms with Crippen LogP contribution in [0.15, 0.2) is 66.9 Å². The lowest BCUT2D eigenvalue weighted by Crippen LogP contribution is -2.29. The van der Waals surface area contributed by atoms with E-state index in [9.17, 15) is 0 Å². The summed E-state index contributed by atoms with van der Waals surface area (Å²) in [5, 5.41) is 4.35. The molecule has 4 nitrogen and oxygen atoms in total. The number of nitrogens with zero attached hydrogens (tertiary/aromatic N) is 3. The van der Waals surface area contributed by atoms with Crippen molar-refractivity contribution in [3.05, 3.63) is 112 Å². The Labute approximate surface area is 220 Å². The van der Waals surface area contributed by atoms with Crippen molar-refractivity contribution < 1.29 is 0 Å². The lowest BCUT2D eigenvalue weighted by molar-refractivity contribution is 0.565. The molecule has 5 heteroatoms. The topological polar surface area (TPSA) is 33.1 Å². The third kappa shape index (κ3) is 4.11. The van der Waals surface area contributed by atoms with Gasteiger partial charge in [-0.05, 0) is 111 Å². The van der Waals surface area contributed by atoms with E-state index in [4.69, 9.17) is 17.2 Å². The van der Waals surface area contributed by atoms with E-state index in [-0.39, 0.29) is 12.1 Å². The van der Waals surface area contributed by atoms with Crippen LogP contribution in [0.1, 0.15) is 63.9 Å². The van der Waals surface area contributed by atoms with Crippen LogP contribution in [-0.2, 0) is 6.42 Å². The van der Waals surface area contributed by atoms with Crippen LogP contribution in [0, 0.1) is 34.6 Å². The Balaban J connectivity index is 1.73. The van der Waals surface area contributed by atoms with E-state index >= 15 is 0 Å². The third-order valence-electron chi connectivity index (χ3n) is 7.30. The van der Waals surface area contributed by atoms with Gasteiger partial charge < -0.3 is 14.8 Å². The zero-order chi connectivity index (χ0) is 25.6. The molecule has 0 aliphatic carbocycles.